The van der Waals surface area contributed by atoms with Crippen LogP contribution in [-0.2, 0) is 19.1 Å². The second kappa shape index (κ2) is 7.48. The minimum absolute atomic E-state index is 0.000750. The number of carbonyl (C=O) groups excluding carboxylic acids is 2. The van der Waals surface area contributed by atoms with Gasteiger partial charge in [-0.25, -0.2) is 4.98 Å². The Hall–Kier alpha value is -2.51. The van der Waals surface area contributed by atoms with Crippen LogP contribution in [0.2, 0.25) is 0 Å². The van der Waals surface area contributed by atoms with E-state index in [1.54, 1.807) is 24.3 Å². The molecular formula is C15H17N3O4. The summed E-state index contributed by atoms with van der Waals surface area (Å²) in [5, 5.41) is 6.20. The molecule has 7 nitrogen and oxygen atoms in total. The summed E-state index contributed by atoms with van der Waals surface area (Å²) in [6.45, 7) is -0.0229. The third-order valence-corrected chi connectivity index (χ3v) is 2.79. The number of hydrogen-bond donors (Lipinski definition) is 2. The molecule has 0 radical (unpaired) electrons. The highest BCUT2D eigenvalue weighted by Crippen LogP contribution is 2.19. The van der Waals surface area contributed by atoms with Gasteiger partial charge in [-0.2, -0.15) is 0 Å². The Morgan fingerprint density at radius 1 is 1.00 bits per heavy atom. The van der Waals surface area contributed by atoms with Crippen molar-refractivity contribution in [1.82, 2.24) is 4.98 Å². The lowest BCUT2D eigenvalue weighted by Crippen LogP contribution is -2.18. The molecule has 0 atom stereocenters. The van der Waals surface area contributed by atoms with Gasteiger partial charge in [-0.05, 0) is 30.3 Å². The van der Waals surface area contributed by atoms with Gasteiger partial charge in [0.1, 0.15) is 19.0 Å². The Bertz CT molecular complexity index is 628. The van der Waals surface area contributed by atoms with Crippen LogP contribution in [-0.4, -0.2) is 44.2 Å². The van der Waals surface area contributed by atoms with Crippen LogP contribution < -0.4 is 10.6 Å². The van der Waals surface area contributed by atoms with Gasteiger partial charge in [0.05, 0.1) is 5.52 Å². The second-order valence-electron chi connectivity index (χ2n) is 4.57. The smallest absolute Gasteiger partial charge is 0.251 e. The van der Waals surface area contributed by atoms with Crippen molar-refractivity contribution in [2.45, 2.75) is 0 Å². The van der Waals surface area contributed by atoms with Crippen LogP contribution >= 0.6 is 0 Å². The van der Waals surface area contributed by atoms with Crippen LogP contribution in [0.3, 0.4) is 0 Å². The number of benzene rings is 1. The first-order chi connectivity index (χ1) is 10.6. The molecular weight excluding hydrogens is 286 g/mol. The monoisotopic (exact) mass is 303 g/mol. The molecule has 2 rings (SSSR count). The van der Waals surface area contributed by atoms with Crippen molar-refractivity contribution in [3.63, 3.8) is 0 Å². The van der Waals surface area contributed by atoms with Crippen LogP contribution in [0, 0.1) is 0 Å². The van der Waals surface area contributed by atoms with E-state index >= 15 is 0 Å². The fraction of sp³-hybridized carbons (Fsp3) is 0.267. The van der Waals surface area contributed by atoms with Crippen molar-refractivity contribution < 1.29 is 19.1 Å². The molecule has 0 spiro atoms. The molecule has 0 fully saturated rings. The number of hydrogen-bond acceptors (Lipinski definition) is 5. The predicted molar refractivity (Wildman–Crippen MR) is 82.8 cm³/mol. The molecule has 0 aliphatic carbocycles. The predicted octanol–water partition coefficient (Wildman–Crippen LogP) is 1.40. The average Bonchev–Trinajstić information content (AvgIpc) is 2.48. The number of ether oxygens (including phenoxy) is 2. The molecule has 0 unspecified atom stereocenters. The molecule has 0 saturated carbocycles. The van der Waals surface area contributed by atoms with Crippen LogP contribution in [0.4, 0.5) is 11.5 Å². The van der Waals surface area contributed by atoms with E-state index in [-0.39, 0.29) is 25.0 Å². The molecule has 116 valence electrons. The van der Waals surface area contributed by atoms with Gasteiger partial charge in [0.25, 0.3) is 5.91 Å². The van der Waals surface area contributed by atoms with E-state index in [9.17, 15) is 9.59 Å². The molecule has 22 heavy (non-hydrogen) atoms. The Labute approximate surface area is 127 Å². The molecule has 1 heterocycles. The molecule has 0 aliphatic rings. The van der Waals surface area contributed by atoms with Gasteiger partial charge >= 0.3 is 0 Å². The fourth-order valence-corrected chi connectivity index (χ4v) is 1.91. The highest BCUT2D eigenvalue weighted by atomic mass is 16.5. The standard InChI is InChI=1S/C15H17N3O4/c1-21-8-14(19)16-11-4-5-12-10(7-11)3-6-13(17-12)18-15(20)9-22-2/h3-7H,8-9H2,1-2H3,(H,16,19)(H,17,18,20). The van der Waals surface area contributed by atoms with Crippen molar-refractivity contribution in [2.24, 2.45) is 0 Å². The number of amides is 2. The van der Waals surface area contributed by atoms with Crippen molar-refractivity contribution in [3.05, 3.63) is 30.3 Å². The fourth-order valence-electron chi connectivity index (χ4n) is 1.91. The zero-order valence-electron chi connectivity index (χ0n) is 12.4. The lowest BCUT2D eigenvalue weighted by Gasteiger charge is -2.08. The molecule has 2 aromatic rings. The van der Waals surface area contributed by atoms with Gasteiger partial charge in [0.2, 0.25) is 5.91 Å². The molecule has 0 saturated heterocycles. The second-order valence-corrected chi connectivity index (χ2v) is 4.57. The van der Waals surface area contributed by atoms with Gasteiger partial charge in [-0.3, -0.25) is 9.59 Å². The number of aromatic nitrogens is 1. The summed E-state index contributed by atoms with van der Waals surface area (Å²) in [5.74, 6) is -0.0400. The van der Waals surface area contributed by atoms with Gasteiger partial charge in [0.15, 0.2) is 0 Å². The van der Waals surface area contributed by atoms with E-state index in [0.29, 0.717) is 17.0 Å². The van der Waals surface area contributed by atoms with E-state index in [4.69, 9.17) is 9.47 Å². The summed E-state index contributed by atoms with van der Waals surface area (Å²) in [5.41, 5.74) is 1.37. The number of rotatable bonds is 6. The lowest BCUT2D eigenvalue weighted by atomic mass is 10.2. The summed E-state index contributed by atoms with van der Waals surface area (Å²) in [6.07, 6.45) is 0. The maximum atomic E-state index is 11.5. The van der Waals surface area contributed by atoms with Crippen molar-refractivity contribution >= 4 is 34.2 Å². The zero-order valence-corrected chi connectivity index (χ0v) is 12.4. The Morgan fingerprint density at radius 3 is 2.36 bits per heavy atom. The van der Waals surface area contributed by atoms with E-state index in [1.807, 2.05) is 6.07 Å². The number of nitrogens with one attached hydrogen (secondary N) is 2. The van der Waals surface area contributed by atoms with Crippen LogP contribution in [0.1, 0.15) is 0 Å². The summed E-state index contributed by atoms with van der Waals surface area (Å²) in [6, 6.07) is 8.82. The first-order valence-corrected chi connectivity index (χ1v) is 6.61. The van der Waals surface area contributed by atoms with E-state index < -0.39 is 0 Å². The number of methoxy groups -OCH3 is 2. The Balaban J connectivity index is 2.14. The van der Waals surface area contributed by atoms with Gasteiger partial charge < -0.3 is 20.1 Å². The number of fused-ring (bicyclic) bond motifs is 1. The van der Waals surface area contributed by atoms with E-state index in [0.717, 1.165) is 5.39 Å². The van der Waals surface area contributed by atoms with Crippen LogP contribution in [0.15, 0.2) is 30.3 Å². The van der Waals surface area contributed by atoms with Gasteiger partial charge in [-0.15, -0.1) is 0 Å². The van der Waals surface area contributed by atoms with Gasteiger partial charge in [0, 0.05) is 25.3 Å². The minimum Gasteiger partial charge on any atom is -0.375 e. The van der Waals surface area contributed by atoms with Gasteiger partial charge in [-0.1, -0.05) is 0 Å². The van der Waals surface area contributed by atoms with Crippen molar-refractivity contribution in [2.75, 3.05) is 38.1 Å². The third-order valence-electron chi connectivity index (χ3n) is 2.79. The molecule has 0 aliphatic heterocycles. The number of anilines is 2. The number of pyridine rings is 1. The van der Waals surface area contributed by atoms with E-state index in [1.165, 1.54) is 14.2 Å². The lowest BCUT2D eigenvalue weighted by molar-refractivity contribution is -0.120. The van der Waals surface area contributed by atoms with Crippen molar-refractivity contribution in [1.29, 1.82) is 0 Å². The van der Waals surface area contributed by atoms with Crippen LogP contribution in [0.5, 0.6) is 0 Å². The maximum absolute atomic E-state index is 11.5. The molecule has 1 aromatic carbocycles. The normalized spacial score (nSPS) is 10.5. The quantitative estimate of drug-likeness (QED) is 0.842. The third kappa shape index (κ3) is 4.24. The highest BCUT2D eigenvalue weighted by molar-refractivity contribution is 5.95. The summed E-state index contributed by atoms with van der Waals surface area (Å²) >= 11 is 0. The average molecular weight is 303 g/mol. The summed E-state index contributed by atoms with van der Waals surface area (Å²) in [4.78, 5) is 27.3. The topological polar surface area (TPSA) is 89.5 Å². The first kappa shape index (κ1) is 15.9. The number of nitrogens with zero attached hydrogens (tertiary/aromatic N) is 1. The summed E-state index contributed by atoms with van der Waals surface area (Å²) in [7, 11) is 2.91. The molecule has 0 bridgehead atoms. The molecule has 2 amide bonds. The van der Waals surface area contributed by atoms with Crippen LogP contribution in [0.25, 0.3) is 10.9 Å². The molecule has 2 N–H and O–H groups in total. The Morgan fingerprint density at radius 2 is 1.68 bits per heavy atom. The molecule has 1 aromatic heterocycles. The Kier molecular flexibility index (Phi) is 5.40. The largest absolute Gasteiger partial charge is 0.375 e. The maximum Gasteiger partial charge on any atom is 0.251 e. The molecule has 7 heteroatoms. The highest BCUT2D eigenvalue weighted by Gasteiger charge is 2.06. The van der Waals surface area contributed by atoms with Crippen molar-refractivity contribution in [3.8, 4) is 0 Å². The zero-order chi connectivity index (χ0) is 15.9. The minimum atomic E-state index is -0.266. The van der Waals surface area contributed by atoms with E-state index in [2.05, 4.69) is 15.6 Å². The first-order valence-electron chi connectivity index (χ1n) is 6.61. The number of carbonyl (C=O) groups is 2. The summed E-state index contributed by atoms with van der Waals surface area (Å²) < 4.78 is 9.51. The SMILES string of the molecule is COCC(=O)Nc1ccc2nc(NC(=O)COC)ccc2c1.